The molecule has 1 heterocycles. The molecule has 0 aliphatic carbocycles. The minimum Gasteiger partial charge on any atom is -0.495 e. The first-order valence-corrected chi connectivity index (χ1v) is 5.75. The Bertz CT molecular complexity index is 430. The number of carboxylic acid groups (broad SMARTS) is 1. The Labute approximate surface area is 105 Å². The lowest BCUT2D eigenvalue weighted by molar-refractivity contribution is -0.147. The number of hydrogen-bond acceptors (Lipinski definition) is 3. The maximum Gasteiger partial charge on any atom is 0.309 e. The van der Waals surface area contributed by atoms with Gasteiger partial charge in [-0.25, -0.2) is 0 Å². The van der Waals surface area contributed by atoms with Crippen LogP contribution in [0.25, 0.3) is 0 Å². The van der Waals surface area contributed by atoms with Crippen LogP contribution >= 0.6 is 11.6 Å². The predicted octanol–water partition coefficient (Wildman–Crippen LogP) is 1.87. The smallest absolute Gasteiger partial charge is 0.309 e. The largest absolute Gasteiger partial charge is 0.495 e. The quantitative estimate of drug-likeness (QED) is 0.892. The van der Waals surface area contributed by atoms with Crippen molar-refractivity contribution in [3.8, 4) is 5.75 Å². The monoisotopic (exact) mass is 255 g/mol. The second-order valence-electron chi connectivity index (χ2n) is 4.20. The van der Waals surface area contributed by atoms with Gasteiger partial charge in [-0.1, -0.05) is 17.7 Å². The number of hydrogen-bond donors (Lipinski definition) is 1. The maximum atomic E-state index is 10.7. The van der Waals surface area contributed by atoms with Crippen LogP contribution in [0.15, 0.2) is 18.2 Å². The molecule has 1 N–H and O–H groups in total. The fourth-order valence-electron chi connectivity index (χ4n) is 1.92. The molecule has 0 amide bonds. The summed E-state index contributed by atoms with van der Waals surface area (Å²) in [5.41, 5.74) is 1.07. The molecule has 0 bridgehead atoms. The van der Waals surface area contributed by atoms with E-state index in [-0.39, 0.29) is 5.92 Å². The van der Waals surface area contributed by atoms with Gasteiger partial charge in [0, 0.05) is 19.6 Å². The van der Waals surface area contributed by atoms with E-state index < -0.39 is 5.97 Å². The first-order chi connectivity index (χ1) is 8.10. The molecule has 1 aromatic carbocycles. The molecule has 4 nitrogen and oxygen atoms in total. The Balaban J connectivity index is 1.92. The van der Waals surface area contributed by atoms with Crippen molar-refractivity contribution in [2.45, 2.75) is 6.54 Å². The highest BCUT2D eigenvalue weighted by molar-refractivity contribution is 6.32. The number of carbonyl (C=O) groups is 1. The van der Waals surface area contributed by atoms with Crippen LogP contribution < -0.4 is 4.74 Å². The van der Waals surface area contributed by atoms with Crippen LogP contribution in [0.1, 0.15) is 5.56 Å². The summed E-state index contributed by atoms with van der Waals surface area (Å²) in [4.78, 5) is 12.7. The molecule has 92 valence electrons. The van der Waals surface area contributed by atoms with Gasteiger partial charge in [-0.05, 0) is 17.7 Å². The molecule has 2 rings (SSSR count). The maximum absolute atomic E-state index is 10.7. The van der Waals surface area contributed by atoms with E-state index >= 15 is 0 Å². The van der Waals surface area contributed by atoms with Crippen LogP contribution in [-0.2, 0) is 11.3 Å². The van der Waals surface area contributed by atoms with Crippen molar-refractivity contribution in [1.29, 1.82) is 0 Å². The normalized spacial score (nSPS) is 16.6. The first-order valence-electron chi connectivity index (χ1n) is 5.37. The van der Waals surface area contributed by atoms with E-state index in [1.807, 2.05) is 18.2 Å². The molecule has 1 fully saturated rings. The number of ether oxygens (including phenoxy) is 1. The van der Waals surface area contributed by atoms with E-state index in [0.29, 0.717) is 23.9 Å². The number of benzene rings is 1. The number of nitrogens with zero attached hydrogens (tertiary/aromatic N) is 1. The number of methoxy groups -OCH3 is 1. The van der Waals surface area contributed by atoms with Gasteiger partial charge in [-0.15, -0.1) is 0 Å². The average Bonchev–Trinajstić information content (AvgIpc) is 2.22. The van der Waals surface area contributed by atoms with E-state index in [1.165, 1.54) is 0 Å². The molecule has 5 heteroatoms. The van der Waals surface area contributed by atoms with Crippen molar-refractivity contribution in [3.05, 3.63) is 28.8 Å². The number of halogens is 1. The summed E-state index contributed by atoms with van der Waals surface area (Å²) < 4.78 is 5.07. The van der Waals surface area contributed by atoms with Crippen LogP contribution in [0.2, 0.25) is 5.02 Å². The summed E-state index contributed by atoms with van der Waals surface area (Å²) in [5, 5.41) is 9.35. The number of rotatable bonds is 4. The molecule has 0 unspecified atom stereocenters. The molecule has 0 aromatic heterocycles. The zero-order valence-corrected chi connectivity index (χ0v) is 10.3. The number of likely N-dealkylation sites (tertiary alicyclic amines) is 1. The molecule has 1 aromatic rings. The second-order valence-corrected chi connectivity index (χ2v) is 4.61. The third kappa shape index (κ3) is 2.70. The van der Waals surface area contributed by atoms with Gasteiger partial charge in [0.15, 0.2) is 0 Å². The van der Waals surface area contributed by atoms with Crippen molar-refractivity contribution in [2.75, 3.05) is 20.2 Å². The molecule has 0 atom stereocenters. The third-order valence-corrected chi connectivity index (χ3v) is 3.22. The van der Waals surface area contributed by atoms with Crippen LogP contribution in [0.4, 0.5) is 0 Å². The molecule has 0 radical (unpaired) electrons. The predicted molar refractivity (Wildman–Crippen MR) is 64.4 cm³/mol. The summed E-state index contributed by atoms with van der Waals surface area (Å²) in [5.74, 6) is -0.278. The van der Waals surface area contributed by atoms with Gasteiger partial charge in [0.05, 0.1) is 18.1 Å². The van der Waals surface area contributed by atoms with Gasteiger partial charge in [-0.2, -0.15) is 0 Å². The SMILES string of the molecule is COc1ccc(CN2CC(C(=O)O)C2)cc1Cl. The molecule has 17 heavy (non-hydrogen) atoms. The average molecular weight is 256 g/mol. The van der Waals surface area contributed by atoms with Crippen LogP contribution in [0, 0.1) is 5.92 Å². The second kappa shape index (κ2) is 4.94. The van der Waals surface area contributed by atoms with Crippen LogP contribution in [0.5, 0.6) is 5.75 Å². The molecular formula is C12H14ClNO3. The summed E-state index contributed by atoms with van der Waals surface area (Å²) in [6.07, 6.45) is 0. The van der Waals surface area contributed by atoms with Crippen molar-refractivity contribution >= 4 is 17.6 Å². The topological polar surface area (TPSA) is 49.8 Å². The lowest BCUT2D eigenvalue weighted by atomic mass is 9.99. The van der Waals surface area contributed by atoms with Crippen molar-refractivity contribution < 1.29 is 14.6 Å². The van der Waals surface area contributed by atoms with Crippen molar-refractivity contribution in [3.63, 3.8) is 0 Å². The van der Waals surface area contributed by atoms with Crippen molar-refractivity contribution in [2.24, 2.45) is 5.92 Å². The van der Waals surface area contributed by atoms with Gasteiger partial charge in [0.25, 0.3) is 0 Å². The first kappa shape index (κ1) is 12.2. The van der Waals surface area contributed by atoms with Crippen molar-refractivity contribution in [1.82, 2.24) is 4.90 Å². The van der Waals surface area contributed by atoms with Crippen LogP contribution in [-0.4, -0.2) is 36.2 Å². The molecular weight excluding hydrogens is 242 g/mol. The standard InChI is InChI=1S/C12H14ClNO3/c1-17-11-3-2-8(4-10(11)13)5-14-6-9(7-14)12(15)16/h2-4,9H,5-7H2,1H3,(H,15,16). The summed E-state index contributed by atoms with van der Waals surface area (Å²) in [6.45, 7) is 1.95. The molecule has 1 saturated heterocycles. The Hall–Kier alpha value is -1.26. The minimum absolute atomic E-state index is 0.219. The highest BCUT2D eigenvalue weighted by Gasteiger charge is 2.32. The lowest BCUT2D eigenvalue weighted by Crippen LogP contribution is -2.49. The van der Waals surface area contributed by atoms with E-state index in [4.69, 9.17) is 21.4 Å². The van der Waals surface area contributed by atoms with Gasteiger partial charge in [0.1, 0.15) is 5.75 Å². The van der Waals surface area contributed by atoms with Gasteiger partial charge in [-0.3, -0.25) is 9.69 Å². The molecule has 1 aliphatic heterocycles. The highest BCUT2D eigenvalue weighted by atomic mass is 35.5. The third-order valence-electron chi connectivity index (χ3n) is 2.93. The van der Waals surface area contributed by atoms with Crippen LogP contribution in [0.3, 0.4) is 0 Å². The van der Waals surface area contributed by atoms with E-state index in [1.54, 1.807) is 7.11 Å². The Morgan fingerprint density at radius 1 is 1.59 bits per heavy atom. The number of aliphatic carboxylic acids is 1. The fourth-order valence-corrected chi connectivity index (χ4v) is 2.20. The summed E-state index contributed by atoms with van der Waals surface area (Å²) in [6, 6.07) is 5.62. The minimum atomic E-state index is -0.714. The Morgan fingerprint density at radius 2 is 2.29 bits per heavy atom. The summed E-state index contributed by atoms with van der Waals surface area (Å²) in [7, 11) is 1.58. The van der Waals surface area contributed by atoms with E-state index in [0.717, 1.165) is 12.1 Å². The molecule has 0 saturated carbocycles. The number of carboxylic acids is 1. The van der Waals surface area contributed by atoms with Gasteiger partial charge >= 0.3 is 5.97 Å². The zero-order chi connectivity index (χ0) is 12.4. The lowest BCUT2D eigenvalue weighted by Gasteiger charge is -2.36. The Kier molecular flexibility index (Phi) is 3.54. The highest BCUT2D eigenvalue weighted by Crippen LogP contribution is 2.26. The zero-order valence-electron chi connectivity index (χ0n) is 9.52. The fraction of sp³-hybridized carbons (Fsp3) is 0.417. The van der Waals surface area contributed by atoms with Gasteiger partial charge < -0.3 is 9.84 Å². The van der Waals surface area contributed by atoms with E-state index in [9.17, 15) is 4.79 Å². The Morgan fingerprint density at radius 3 is 2.82 bits per heavy atom. The molecule has 0 spiro atoms. The summed E-state index contributed by atoms with van der Waals surface area (Å²) >= 11 is 6.02. The van der Waals surface area contributed by atoms with E-state index in [2.05, 4.69) is 4.90 Å². The van der Waals surface area contributed by atoms with Gasteiger partial charge in [0.2, 0.25) is 0 Å². The molecule has 1 aliphatic rings.